The zero-order chi connectivity index (χ0) is 15.0. The average molecular weight is 295 g/mol. The summed E-state index contributed by atoms with van der Waals surface area (Å²) in [6.45, 7) is 6.02. The van der Waals surface area contributed by atoms with Gasteiger partial charge in [-0.25, -0.2) is 0 Å². The summed E-state index contributed by atoms with van der Waals surface area (Å²) in [4.78, 5) is 12.3. The fourth-order valence-corrected chi connectivity index (χ4v) is 2.33. The highest BCUT2D eigenvalue weighted by atomic mass is 35.5. The number of ketones is 1. The summed E-state index contributed by atoms with van der Waals surface area (Å²) in [5, 5.41) is 0. The molecule has 0 aromatic heterocycles. The maximum Gasteiger partial charge on any atom is 0.169 e. The maximum absolute atomic E-state index is 12.3. The Bertz CT molecular complexity index is 406. The molecule has 0 aliphatic rings. The molecule has 2 heteroatoms. The van der Waals surface area contributed by atoms with Gasteiger partial charge in [0.25, 0.3) is 0 Å². The lowest BCUT2D eigenvalue weighted by atomic mass is 9.86. The average Bonchev–Trinajstić information content (AvgIpc) is 2.47. The predicted octanol–water partition coefficient (Wildman–Crippen LogP) is 5.65. The van der Waals surface area contributed by atoms with E-state index in [9.17, 15) is 4.79 Å². The van der Waals surface area contributed by atoms with Gasteiger partial charge in [0.1, 0.15) is 0 Å². The molecule has 0 atom stereocenters. The molecule has 0 unspecified atom stereocenters. The van der Waals surface area contributed by atoms with Crippen LogP contribution < -0.4 is 0 Å². The number of hydrogen-bond donors (Lipinski definition) is 0. The minimum Gasteiger partial charge on any atom is -0.294 e. The molecule has 0 aliphatic carbocycles. The lowest BCUT2D eigenvalue weighted by Crippen LogP contribution is -2.26. The van der Waals surface area contributed by atoms with Crippen molar-refractivity contribution >= 4 is 17.4 Å². The highest BCUT2D eigenvalue weighted by molar-refractivity contribution is 6.20. The van der Waals surface area contributed by atoms with E-state index >= 15 is 0 Å². The van der Waals surface area contributed by atoms with Crippen LogP contribution in [-0.4, -0.2) is 11.7 Å². The van der Waals surface area contributed by atoms with Gasteiger partial charge < -0.3 is 0 Å². The molecule has 0 fully saturated rings. The second-order valence-corrected chi connectivity index (χ2v) is 6.48. The van der Waals surface area contributed by atoms with Crippen LogP contribution in [0.3, 0.4) is 0 Å². The topological polar surface area (TPSA) is 17.1 Å². The van der Waals surface area contributed by atoms with Gasteiger partial charge in [0.15, 0.2) is 5.78 Å². The molecule has 0 saturated heterocycles. The Balaban J connectivity index is 2.50. The number of benzene rings is 1. The molecule has 0 heterocycles. The van der Waals surface area contributed by atoms with Gasteiger partial charge in [0, 0.05) is 16.9 Å². The van der Waals surface area contributed by atoms with Crippen LogP contribution in [0.1, 0.15) is 68.8 Å². The molecule has 1 aromatic rings. The Kier molecular flexibility index (Phi) is 7.29. The number of Topliss-reactive ketones (excluding diaryl/α,β-unsaturated/α-hetero) is 1. The van der Waals surface area contributed by atoms with Gasteiger partial charge >= 0.3 is 0 Å². The van der Waals surface area contributed by atoms with Crippen molar-refractivity contribution < 1.29 is 4.79 Å². The predicted molar refractivity (Wildman–Crippen MR) is 87.7 cm³/mol. The lowest BCUT2D eigenvalue weighted by Gasteiger charge is -2.19. The molecule has 0 bridgehead atoms. The van der Waals surface area contributed by atoms with Crippen molar-refractivity contribution in [3.05, 3.63) is 35.4 Å². The van der Waals surface area contributed by atoms with Crippen LogP contribution >= 0.6 is 11.6 Å². The molecule has 20 heavy (non-hydrogen) atoms. The third-order valence-corrected chi connectivity index (χ3v) is 4.40. The van der Waals surface area contributed by atoms with Crippen LogP contribution in [0.25, 0.3) is 0 Å². The van der Waals surface area contributed by atoms with E-state index in [0.29, 0.717) is 5.88 Å². The van der Waals surface area contributed by atoms with Crippen molar-refractivity contribution in [2.75, 3.05) is 5.88 Å². The van der Waals surface area contributed by atoms with Crippen molar-refractivity contribution in [2.24, 2.45) is 5.41 Å². The van der Waals surface area contributed by atoms with Gasteiger partial charge in [-0.05, 0) is 18.4 Å². The quantitative estimate of drug-likeness (QED) is 0.327. The van der Waals surface area contributed by atoms with Crippen LogP contribution in [0, 0.1) is 5.41 Å². The summed E-state index contributed by atoms with van der Waals surface area (Å²) in [5.41, 5.74) is 1.61. The molecular weight excluding hydrogens is 268 g/mol. The van der Waals surface area contributed by atoms with Gasteiger partial charge in [-0.2, -0.15) is 0 Å². The standard InChI is InChI=1S/C18H27ClO/c1-4-5-6-7-8-9-15-10-12-16(13-11-15)17(20)18(2,3)14-19/h10-13H,4-9,14H2,1-3H3. The third-order valence-electron chi connectivity index (χ3n) is 3.73. The molecule has 0 radical (unpaired) electrons. The number of rotatable bonds is 9. The Labute approximate surface area is 128 Å². The molecule has 112 valence electrons. The number of halogens is 1. The second-order valence-electron chi connectivity index (χ2n) is 6.21. The Morgan fingerprint density at radius 1 is 1.05 bits per heavy atom. The number of carbonyl (C=O) groups is 1. The van der Waals surface area contributed by atoms with Gasteiger partial charge in [-0.1, -0.05) is 70.7 Å². The van der Waals surface area contributed by atoms with Gasteiger partial charge in [0.05, 0.1) is 0 Å². The molecular formula is C18H27ClO. The fraction of sp³-hybridized carbons (Fsp3) is 0.611. The number of carbonyl (C=O) groups excluding carboxylic acids is 1. The summed E-state index contributed by atoms with van der Waals surface area (Å²) in [5.74, 6) is 0.479. The van der Waals surface area contributed by atoms with Crippen LogP contribution in [0.2, 0.25) is 0 Å². The molecule has 1 rings (SSSR count). The van der Waals surface area contributed by atoms with Crippen molar-refractivity contribution in [1.82, 2.24) is 0 Å². The van der Waals surface area contributed by atoms with Crippen molar-refractivity contribution in [1.29, 1.82) is 0 Å². The normalized spacial score (nSPS) is 11.6. The highest BCUT2D eigenvalue weighted by Gasteiger charge is 2.27. The second kappa shape index (κ2) is 8.46. The summed E-state index contributed by atoms with van der Waals surface area (Å²) in [7, 11) is 0. The number of aryl methyl sites for hydroxylation is 1. The van der Waals surface area contributed by atoms with Crippen LogP contribution in [0.15, 0.2) is 24.3 Å². The molecule has 0 spiro atoms. The molecule has 0 N–H and O–H groups in total. The number of alkyl halides is 1. The summed E-state index contributed by atoms with van der Waals surface area (Å²) >= 11 is 5.86. The first-order chi connectivity index (χ1) is 9.51. The smallest absolute Gasteiger partial charge is 0.169 e. The Hall–Kier alpha value is -0.820. The van der Waals surface area contributed by atoms with E-state index < -0.39 is 5.41 Å². The van der Waals surface area contributed by atoms with E-state index in [0.717, 1.165) is 12.0 Å². The minimum atomic E-state index is -0.483. The zero-order valence-electron chi connectivity index (χ0n) is 13.0. The van der Waals surface area contributed by atoms with Crippen molar-refractivity contribution in [2.45, 2.75) is 59.3 Å². The van der Waals surface area contributed by atoms with E-state index in [4.69, 9.17) is 11.6 Å². The SMILES string of the molecule is CCCCCCCc1ccc(C(=O)C(C)(C)CCl)cc1. The monoisotopic (exact) mass is 294 g/mol. The van der Waals surface area contributed by atoms with Crippen molar-refractivity contribution in [3.63, 3.8) is 0 Å². The van der Waals surface area contributed by atoms with Gasteiger partial charge in [-0.15, -0.1) is 11.6 Å². The van der Waals surface area contributed by atoms with Crippen molar-refractivity contribution in [3.8, 4) is 0 Å². The molecule has 0 amide bonds. The number of hydrogen-bond acceptors (Lipinski definition) is 1. The van der Waals surface area contributed by atoms with E-state index in [2.05, 4.69) is 19.1 Å². The van der Waals surface area contributed by atoms with Gasteiger partial charge in [-0.3, -0.25) is 4.79 Å². The summed E-state index contributed by atoms with van der Waals surface area (Å²) in [6, 6.07) is 8.05. The lowest BCUT2D eigenvalue weighted by molar-refractivity contribution is 0.0862. The first-order valence-electron chi connectivity index (χ1n) is 7.71. The first kappa shape index (κ1) is 17.2. The Morgan fingerprint density at radius 2 is 1.65 bits per heavy atom. The zero-order valence-corrected chi connectivity index (χ0v) is 13.8. The van der Waals surface area contributed by atoms with Crippen LogP contribution in [0.5, 0.6) is 0 Å². The molecule has 0 aliphatic heterocycles. The van der Waals surface area contributed by atoms with E-state index in [1.165, 1.54) is 37.7 Å². The maximum atomic E-state index is 12.3. The highest BCUT2D eigenvalue weighted by Crippen LogP contribution is 2.23. The molecule has 1 nitrogen and oxygen atoms in total. The van der Waals surface area contributed by atoms with E-state index in [1.54, 1.807) is 0 Å². The first-order valence-corrected chi connectivity index (χ1v) is 8.24. The van der Waals surface area contributed by atoms with Crippen LogP contribution in [0.4, 0.5) is 0 Å². The van der Waals surface area contributed by atoms with Gasteiger partial charge in [0.2, 0.25) is 0 Å². The Morgan fingerprint density at radius 3 is 2.20 bits per heavy atom. The third kappa shape index (κ3) is 5.28. The fourth-order valence-electron chi connectivity index (χ4n) is 2.21. The molecule has 1 aromatic carbocycles. The van der Waals surface area contributed by atoms with Crippen LogP contribution in [-0.2, 0) is 6.42 Å². The molecule has 0 saturated carbocycles. The van der Waals surface area contributed by atoms with E-state index in [1.807, 2.05) is 26.0 Å². The minimum absolute atomic E-state index is 0.127. The van der Waals surface area contributed by atoms with E-state index in [-0.39, 0.29) is 5.78 Å². The number of unbranched alkanes of at least 4 members (excludes halogenated alkanes) is 4. The summed E-state index contributed by atoms with van der Waals surface area (Å²) in [6.07, 6.45) is 7.59. The summed E-state index contributed by atoms with van der Waals surface area (Å²) < 4.78 is 0. The largest absolute Gasteiger partial charge is 0.294 e.